The van der Waals surface area contributed by atoms with Gasteiger partial charge in [-0.3, -0.25) is 0 Å². The molecule has 1 aliphatic rings. The second kappa shape index (κ2) is 1.36. The van der Waals surface area contributed by atoms with Crippen molar-refractivity contribution in [1.29, 1.82) is 0 Å². The standard InChI is InChI=1S/C3H2OS/c1-2-4-5-3-1/h2-3H. The molecule has 5 heavy (non-hydrogen) atoms. The largest absolute Gasteiger partial charge is 0.432 e. The first-order valence-corrected chi connectivity index (χ1v) is 2.02. The molecule has 0 aromatic heterocycles. The van der Waals surface area contributed by atoms with E-state index in [1.54, 1.807) is 5.75 Å². The summed E-state index contributed by atoms with van der Waals surface area (Å²) >= 11 is 1.28. The Morgan fingerprint density at radius 1 is 1.80 bits per heavy atom. The molecule has 1 rings (SSSR count). The molecule has 0 fully saturated rings. The molecule has 0 saturated carbocycles. The normalized spacial score (nSPS) is 19.2. The molecule has 2 heteroatoms. The summed E-state index contributed by atoms with van der Waals surface area (Å²) in [7, 11) is 0. The van der Waals surface area contributed by atoms with Gasteiger partial charge >= 0.3 is 0 Å². The molecule has 2 radical (unpaired) electrons. The number of hydrogen-bond acceptors (Lipinski definition) is 2. The van der Waals surface area contributed by atoms with Gasteiger partial charge < -0.3 is 4.18 Å². The minimum absolute atomic E-state index is 1.28. The summed E-state index contributed by atoms with van der Waals surface area (Å²) in [5.41, 5.74) is 0. The lowest BCUT2D eigenvalue weighted by molar-refractivity contribution is 0.578. The van der Waals surface area contributed by atoms with E-state index in [-0.39, 0.29) is 0 Å². The Morgan fingerprint density at radius 3 is 3.00 bits per heavy atom. The minimum atomic E-state index is 1.28. The maximum atomic E-state index is 4.57. The predicted octanol–water partition coefficient (Wildman–Crippen LogP) is 1.14. The molecular formula is C3H2OS. The van der Waals surface area contributed by atoms with E-state index in [9.17, 15) is 0 Å². The molecule has 0 spiro atoms. The van der Waals surface area contributed by atoms with Gasteiger partial charge in [-0.25, -0.2) is 0 Å². The average Bonchev–Trinajstić information content (AvgIpc) is 1.76. The van der Waals surface area contributed by atoms with E-state index in [0.717, 1.165) is 0 Å². The van der Waals surface area contributed by atoms with Crippen LogP contribution in [-0.2, 0) is 4.18 Å². The van der Waals surface area contributed by atoms with Crippen molar-refractivity contribution in [1.82, 2.24) is 0 Å². The summed E-state index contributed by atoms with van der Waals surface area (Å²) < 4.78 is 4.57. The third kappa shape index (κ3) is 0.581. The zero-order chi connectivity index (χ0) is 3.54. The monoisotopic (exact) mass is 86.0 g/mol. The van der Waals surface area contributed by atoms with Crippen LogP contribution < -0.4 is 0 Å². The smallest absolute Gasteiger partial charge is 0.106 e. The van der Waals surface area contributed by atoms with E-state index in [1.807, 2.05) is 0 Å². The molecule has 1 heterocycles. The second-order valence-corrected chi connectivity index (χ2v) is 1.22. The predicted molar refractivity (Wildman–Crippen MR) is 20.8 cm³/mol. The van der Waals surface area contributed by atoms with Crippen molar-refractivity contribution in [3.8, 4) is 0 Å². The highest BCUT2D eigenvalue weighted by atomic mass is 32.2. The van der Waals surface area contributed by atoms with Crippen LogP contribution in [0.4, 0.5) is 0 Å². The Kier molecular flexibility index (Phi) is 0.841. The van der Waals surface area contributed by atoms with Crippen LogP contribution in [-0.4, -0.2) is 0 Å². The van der Waals surface area contributed by atoms with Crippen molar-refractivity contribution in [3.05, 3.63) is 18.1 Å². The molecule has 0 amide bonds. The van der Waals surface area contributed by atoms with Crippen LogP contribution >= 0.6 is 12.0 Å². The maximum absolute atomic E-state index is 4.57. The first kappa shape index (κ1) is 3.09. The van der Waals surface area contributed by atoms with E-state index >= 15 is 0 Å². The van der Waals surface area contributed by atoms with Crippen LogP contribution in [0.2, 0.25) is 0 Å². The molecule has 0 saturated heterocycles. The molecule has 26 valence electrons. The van der Waals surface area contributed by atoms with E-state index in [0.29, 0.717) is 0 Å². The highest BCUT2D eigenvalue weighted by Gasteiger charge is 1.88. The molecule has 0 unspecified atom stereocenters. The van der Waals surface area contributed by atoms with Crippen molar-refractivity contribution in [2.45, 2.75) is 0 Å². The van der Waals surface area contributed by atoms with Crippen molar-refractivity contribution < 1.29 is 4.18 Å². The highest BCUT2D eigenvalue weighted by Crippen LogP contribution is 2.13. The van der Waals surface area contributed by atoms with Gasteiger partial charge in [0.05, 0.1) is 17.8 Å². The van der Waals surface area contributed by atoms with Crippen LogP contribution in [0.5, 0.6) is 0 Å². The summed E-state index contributed by atoms with van der Waals surface area (Å²) in [5.74, 6) is 1.75. The molecule has 0 aliphatic carbocycles. The first-order valence-electron chi connectivity index (χ1n) is 1.22. The van der Waals surface area contributed by atoms with Crippen molar-refractivity contribution in [3.63, 3.8) is 0 Å². The van der Waals surface area contributed by atoms with Gasteiger partial charge in [0, 0.05) is 6.08 Å². The Hall–Kier alpha value is -0.110. The molecule has 1 nitrogen and oxygen atoms in total. The first-order chi connectivity index (χ1) is 2.50. The summed E-state index contributed by atoms with van der Waals surface area (Å²) in [6.07, 6.45) is 4.23. The van der Waals surface area contributed by atoms with Crippen LogP contribution in [0.1, 0.15) is 0 Å². The quantitative estimate of drug-likeness (QED) is 0.409. The van der Waals surface area contributed by atoms with Crippen molar-refractivity contribution in [2.75, 3.05) is 0 Å². The Morgan fingerprint density at radius 2 is 2.80 bits per heavy atom. The van der Waals surface area contributed by atoms with Crippen molar-refractivity contribution >= 4 is 12.0 Å². The second-order valence-electron chi connectivity index (χ2n) is 0.595. The lowest BCUT2D eigenvalue weighted by Crippen LogP contribution is -1.42. The molecular weight excluding hydrogens is 84.1 g/mol. The van der Waals surface area contributed by atoms with Gasteiger partial charge in [-0.05, 0) is 0 Å². The molecule has 0 N–H and O–H groups in total. The lowest BCUT2D eigenvalue weighted by Gasteiger charge is -1.75. The lowest BCUT2D eigenvalue weighted by atomic mass is 10.7. The summed E-state index contributed by atoms with van der Waals surface area (Å²) in [6, 6.07) is 0. The zero-order valence-electron chi connectivity index (χ0n) is 2.47. The third-order valence-corrected chi connectivity index (χ3v) is 0.728. The van der Waals surface area contributed by atoms with Gasteiger partial charge in [0.15, 0.2) is 0 Å². The van der Waals surface area contributed by atoms with Crippen LogP contribution in [0.25, 0.3) is 0 Å². The fourth-order valence-electron chi connectivity index (χ4n) is 0.139. The Labute approximate surface area is 35.2 Å². The van der Waals surface area contributed by atoms with Gasteiger partial charge in [0.25, 0.3) is 0 Å². The van der Waals surface area contributed by atoms with Crippen LogP contribution in [0, 0.1) is 11.8 Å². The molecule has 0 aromatic carbocycles. The van der Waals surface area contributed by atoms with Gasteiger partial charge in [-0.1, -0.05) is 0 Å². The summed E-state index contributed by atoms with van der Waals surface area (Å²) in [6.45, 7) is 0. The zero-order valence-corrected chi connectivity index (χ0v) is 3.29. The summed E-state index contributed by atoms with van der Waals surface area (Å²) in [4.78, 5) is 0. The average molecular weight is 86.1 g/mol. The van der Waals surface area contributed by atoms with Gasteiger partial charge in [-0.15, -0.1) is 0 Å². The fourth-order valence-corrected chi connectivity index (χ4v) is 0.417. The third-order valence-electron chi connectivity index (χ3n) is 0.288. The molecule has 1 aliphatic heterocycles. The van der Waals surface area contributed by atoms with E-state index < -0.39 is 0 Å². The number of rotatable bonds is 0. The van der Waals surface area contributed by atoms with Gasteiger partial charge in [-0.2, -0.15) is 0 Å². The molecule has 0 atom stereocenters. The SMILES string of the molecule is [C]1=COS[CH]1. The highest BCUT2D eigenvalue weighted by molar-refractivity contribution is 7.97. The summed E-state index contributed by atoms with van der Waals surface area (Å²) in [5, 5.41) is 0. The minimum Gasteiger partial charge on any atom is -0.432 e. The molecule has 0 bridgehead atoms. The van der Waals surface area contributed by atoms with E-state index in [2.05, 4.69) is 10.3 Å². The van der Waals surface area contributed by atoms with Crippen LogP contribution in [0.15, 0.2) is 6.26 Å². The van der Waals surface area contributed by atoms with Gasteiger partial charge in [0.2, 0.25) is 0 Å². The van der Waals surface area contributed by atoms with Gasteiger partial charge in [0.1, 0.15) is 6.26 Å². The Bertz CT molecular complexity index is 44.9. The van der Waals surface area contributed by atoms with Crippen molar-refractivity contribution in [2.24, 2.45) is 0 Å². The number of hydrogen-bond donors (Lipinski definition) is 0. The van der Waals surface area contributed by atoms with Crippen LogP contribution in [0.3, 0.4) is 0 Å². The van der Waals surface area contributed by atoms with E-state index in [1.165, 1.54) is 18.3 Å². The van der Waals surface area contributed by atoms with E-state index in [4.69, 9.17) is 0 Å². The maximum Gasteiger partial charge on any atom is 0.106 e. The Balaban J connectivity index is 2.32. The topological polar surface area (TPSA) is 9.23 Å². The molecule has 0 aromatic rings. The fraction of sp³-hybridized carbons (Fsp3) is 0.